The Labute approximate surface area is 265 Å². The molecule has 1 unspecified atom stereocenters. The van der Waals surface area contributed by atoms with Crippen molar-refractivity contribution < 1.29 is 27.5 Å². The zero-order valence-corrected chi connectivity index (χ0v) is 27.0. The maximum absolute atomic E-state index is 13.7. The molecular weight excluding hydrogens is 617 g/mol. The van der Waals surface area contributed by atoms with Crippen LogP contribution in [0.1, 0.15) is 53.3 Å². The highest BCUT2D eigenvalue weighted by Crippen LogP contribution is 2.32. The van der Waals surface area contributed by atoms with Crippen molar-refractivity contribution in [3.8, 4) is 5.75 Å². The number of fused-ring (bicyclic) bond motifs is 1. The van der Waals surface area contributed by atoms with Gasteiger partial charge in [-0.1, -0.05) is 24.3 Å². The van der Waals surface area contributed by atoms with Gasteiger partial charge in [0.05, 0.1) is 28.3 Å². The van der Waals surface area contributed by atoms with Gasteiger partial charge in [-0.2, -0.15) is 0 Å². The Kier molecular flexibility index (Phi) is 10.4. The molecule has 1 heterocycles. The lowest BCUT2D eigenvalue weighted by molar-refractivity contribution is 0.0526. The molecule has 0 bridgehead atoms. The van der Waals surface area contributed by atoms with Gasteiger partial charge in [0, 0.05) is 24.2 Å². The summed E-state index contributed by atoms with van der Waals surface area (Å²) in [5.74, 6) is 0.0484. The Bertz CT molecular complexity index is 1820. The molecule has 14 heteroatoms. The minimum absolute atomic E-state index is 0.100. The highest BCUT2D eigenvalue weighted by molar-refractivity contribution is 7.89. The first kappa shape index (κ1) is 33.4. The van der Waals surface area contributed by atoms with Gasteiger partial charge in [0.25, 0.3) is 5.91 Å². The van der Waals surface area contributed by atoms with Gasteiger partial charge in [0.15, 0.2) is 0 Å². The molecular formula is C31H36N6O6S2. The molecule has 4 rings (SSSR count). The number of sulfonamides is 1. The Balaban J connectivity index is 1.54. The number of ether oxygens (including phenoxy) is 2. The number of nitrogen functional groups attached to an aromatic ring is 1. The number of amides is 2. The van der Waals surface area contributed by atoms with Crippen LogP contribution in [0.15, 0.2) is 71.6 Å². The number of nitrogens with zero attached hydrogens (tertiary/aromatic N) is 1. The van der Waals surface area contributed by atoms with Crippen molar-refractivity contribution in [1.29, 1.82) is 5.41 Å². The van der Waals surface area contributed by atoms with E-state index >= 15 is 0 Å². The number of nitrogens with one attached hydrogen (secondary N) is 4. The minimum Gasteiger partial charge on any atom is -0.497 e. The Hall–Kier alpha value is -4.53. The Morgan fingerprint density at radius 3 is 2.42 bits per heavy atom. The van der Waals surface area contributed by atoms with Gasteiger partial charge in [0.2, 0.25) is 10.0 Å². The van der Waals surface area contributed by atoms with Crippen LogP contribution in [0.5, 0.6) is 5.75 Å². The van der Waals surface area contributed by atoms with Crippen molar-refractivity contribution in [1.82, 2.24) is 20.3 Å². The molecule has 238 valence electrons. The zero-order chi connectivity index (χ0) is 32.8. The third-order valence-electron chi connectivity index (χ3n) is 6.37. The SMILES string of the molecule is COc1ccc2nc(C(Cc3cccc(C(=N)N)c3)NS(=O)(=O)c3cccc(C(=O)NCCNC(=O)OC(C)(C)C)c3)sc2c1. The number of amidine groups is 1. The molecule has 12 nitrogen and oxygen atoms in total. The average molecular weight is 653 g/mol. The van der Waals surface area contributed by atoms with E-state index < -0.39 is 33.7 Å². The molecule has 0 aliphatic heterocycles. The fraction of sp³-hybridized carbons (Fsp3) is 0.290. The third-order valence-corrected chi connectivity index (χ3v) is 8.97. The van der Waals surface area contributed by atoms with E-state index in [9.17, 15) is 18.0 Å². The number of benzene rings is 3. The number of nitrogens with two attached hydrogens (primary N) is 1. The molecule has 1 aromatic heterocycles. The smallest absolute Gasteiger partial charge is 0.407 e. The standard InChI is InChI=1S/C31H36N6O6S2/c1-31(2,3)43-30(39)35-14-13-34-28(38)21-9-6-10-23(17-21)45(40,41)37-25(16-19-7-5-8-20(15-19)27(32)33)29-36-24-12-11-22(42-4)18-26(24)44-29/h5-12,15,17-18,25,37H,13-14,16H2,1-4H3,(H3,32,33)(H,34,38)(H,35,39). The van der Waals surface area contributed by atoms with Gasteiger partial charge in [-0.3, -0.25) is 10.2 Å². The normalized spacial score (nSPS) is 12.4. The van der Waals surface area contributed by atoms with Crippen LogP contribution < -0.4 is 25.8 Å². The number of methoxy groups -OCH3 is 1. The molecule has 6 N–H and O–H groups in total. The third kappa shape index (κ3) is 9.23. The van der Waals surface area contributed by atoms with Crippen molar-refractivity contribution in [2.75, 3.05) is 20.2 Å². The van der Waals surface area contributed by atoms with E-state index in [0.29, 0.717) is 21.8 Å². The molecule has 0 aliphatic carbocycles. The molecule has 0 radical (unpaired) electrons. The van der Waals surface area contributed by atoms with Crippen LogP contribution in [0.2, 0.25) is 0 Å². The molecule has 45 heavy (non-hydrogen) atoms. The number of rotatable bonds is 12. The van der Waals surface area contributed by atoms with Crippen molar-refractivity contribution in [2.24, 2.45) is 5.73 Å². The summed E-state index contributed by atoms with van der Waals surface area (Å²) in [7, 11) is -2.58. The van der Waals surface area contributed by atoms with Crippen LogP contribution in [0.4, 0.5) is 4.79 Å². The molecule has 0 fully saturated rings. The number of hydrogen-bond donors (Lipinski definition) is 5. The summed E-state index contributed by atoms with van der Waals surface area (Å²) in [6.07, 6.45) is -0.381. The van der Waals surface area contributed by atoms with Crippen molar-refractivity contribution in [3.63, 3.8) is 0 Å². The number of aromatic nitrogens is 1. The second-order valence-corrected chi connectivity index (χ2v) is 13.9. The summed E-state index contributed by atoms with van der Waals surface area (Å²) in [5.41, 5.74) is 7.13. The van der Waals surface area contributed by atoms with E-state index in [1.807, 2.05) is 12.1 Å². The maximum atomic E-state index is 13.7. The molecule has 2 amide bonds. The highest BCUT2D eigenvalue weighted by Gasteiger charge is 2.26. The lowest BCUT2D eigenvalue weighted by Gasteiger charge is -2.19. The predicted molar refractivity (Wildman–Crippen MR) is 173 cm³/mol. The van der Waals surface area contributed by atoms with Crippen LogP contribution in [0.25, 0.3) is 10.2 Å². The van der Waals surface area contributed by atoms with Crippen LogP contribution in [-0.4, -0.2) is 57.0 Å². The summed E-state index contributed by atoms with van der Waals surface area (Å²) in [4.78, 5) is 29.2. The van der Waals surface area contributed by atoms with Gasteiger partial charge in [0.1, 0.15) is 22.2 Å². The van der Waals surface area contributed by atoms with Gasteiger partial charge in [-0.15, -0.1) is 11.3 Å². The van der Waals surface area contributed by atoms with E-state index in [2.05, 4.69) is 15.4 Å². The predicted octanol–water partition coefficient (Wildman–Crippen LogP) is 4.11. The fourth-order valence-electron chi connectivity index (χ4n) is 4.30. The molecule has 0 saturated heterocycles. The Morgan fingerprint density at radius 2 is 1.71 bits per heavy atom. The van der Waals surface area contributed by atoms with Crippen LogP contribution in [-0.2, 0) is 21.2 Å². The van der Waals surface area contributed by atoms with E-state index in [1.165, 1.54) is 35.6 Å². The molecule has 0 spiro atoms. The topological polar surface area (TPSA) is 186 Å². The molecule has 4 aromatic rings. The fourth-order valence-corrected chi connectivity index (χ4v) is 6.66. The zero-order valence-electron chi connectivity index (χ0n) is 25.3. The number of carbonyl (C=O) groups excluding carboxylic acids is 2. The van der Waals surface area contributed by atoms with Crippen LogP contribution >= 0.6 is 11.3 Å². The monoisotopic (exact) mass is 652 g/mol. The first-order valence-electron chi connectivity index (χ1n) is 14.0. The molecule has 0 saturated carbocycles. The summed E-state index contributed by atoms with van der Waals surface area (Å²) in [6, 6.07) is 17.3. The van der Waals surface area contributed by atoms with Gasteiger partial charge in [-0.25, -0.2) is 22.9 Å². The maximum Gasteiger partial charge on any atom is 0.407 e. The molecule has 0 aliphatic rings. The van der Waals surface area contributed by atoms with Crippen molar-refractivity contribution >= 4 is 49.4 Å². The Morgan fingerprint density at radius 1 is 1.00 bits per heavy atom. The second-order valence-electron chi connectivity index (χ2n) is 11.1. The van der Waals surface area contributed by atoms with E-state index in [0.717, 1.165) is 10.3 Å². The first-order chi connectivity index (χ1) is 21.2. The van der Waals surface area contributed by atoms with E-state index in [1.54, 1.807) is 58.2 Å². The lowest BCUT2D eigenvalue weighted by atomic mass is 10.0. The molecule has 3 aromatic carbocycles. The summed E-state index contributed by atoms with van der Waals surface area (Å²) >= 11 is 1.34. The van der Waals surface area contributed by atoms with Crippen molar-refractivity contribution in [2.45, 2.75) is 43.7 Å². The van der Waals surface area contributed by atoms with Gasteiger partial charge < -0.3 is 25.8 Å². The highest BCUT2D eigenvalue weighted by atomic mass is 32.2. The van der Waals surface area contributed by atoms with E-state index in [-0.39, 0.29) is 35.8 Å². The number of carbonyl (C=O) groups is 2. The minimum atomic E-state index is -4.14. The summed E-state index contributed by atoms with van der Waals surface area (Å²) < 4.78 is 41.5. The molecule has 1 atom stereocenters. The first-order valence-corrected chi connectivity index (χ1v) is 16.3. The van der Waals surface area contributed by atoms with Crippen LogP contribution in [0, 0.1) is 5.41 Å². The quantitative estimate of drug-likeness (QED) is 0.0860. The summed E-state index contributed by atoms with van der Waals surface area (Å²) in [6.45, 7) is 5.47. The summed E-state index contributed by atoms with van der Waals surface area (Å²) in [5, 5.41) is 13.5. The lowest BCUT2D eigenvalue weighted by Crippen LogP contribution is -2.37. The van der Waals surface area contributed by atoms with E-state index in [4.69, 9.17) is 25.6 Å². The number of hydrogen-bond acceptors (Lipinski definition) is 9. The second kappa shape index (κ2) is 14.1. The van der Waals surface area contributed by atoms with Gasteiger partial charge >= 0.3 is 6.09 Å². The largest absolute Gasteiger partial charge is 0.497 e. The number of alkyl carbamates (subject to hydrolysis) is 1. The number of thiazole rings is 1. The van der Waals surface area contributed by atoms with Crippen molar-refractivity contribution in [3.05, 3.63) is 88.4 Å². The van der Waals surface area contributed by atoms with Crippen LogP contribution in [0.3, 0.4) is 0 Å². The van der Waals surface area contributed by atoms with Gasteiger partial charge in [-0.05, 0) is 75.2 Å². The average Bonchev–Trinajstić information content (AvgIpc) is 3.41.